The monoisotopic (exact) mass is 574 g/mol. The van der Waals surface area contributed by atoms with Crippen LogP contribution in [0.3, 0.4) is 0 Å². The molecule has 2 heterocycles. The number of rotatable bonds is 6. The van der Waals surface area contributed by atoms with Crippen LogP contribution in [0.25, 0.3) is 0 Å². The predicted octanol–water partition coefficient (Wildman–Crippen LogP) is 1.07. The van der Waals surface area contributed by atoms with Crippen LogP contribution >= 0.6 is 24.0 Å². The van der Waals surface area contributed by atoms with Gasteiger partial charge in [0.15, 0.2) is 5.96 Å². The van der Waals surface area contributed by atoms with E-state index in [0.717, 1.165) is 18.4 Å². The summed E-state index contributed by atoms with van der Waals surface area (Å²) in [5.74, 6) is 0.533. The number of hydrogen-bond donors (Lipinski definition) is 1. The van der Waals surface area contributed by atoms with Gasteiger partial charge < -0.3 is 24.8 Å². The number of aliphatic imine (C=N–C) groups is 1. The normalized spacial score (nSPS) is 18.5. The molecule has 2 saturated heterocycles. The molecule has 0 spiro atoms. The van der Waals surface area contributed by atoms with Crippen LogP contribution < -0.4 is 5.32 Å². The van der Waals surface area contributed by atoms with Crippen LogP contribution in [0.1, 0.15) is 18.4 Å². The minimum atomic E-state index is -0.440. The zero-order valence-corrected chi connectivity index (χ0v) is 21.3. The summed E-state index contributed by atoms with van der Waals surface area (Å²) in [5.41, 5.74) is 0.848. The van der Waals surface area contributed by atoms with Crippen molar-refractivity contribution in [1.29, 1.82) is 0 Å². The first-order valence-electron chi connectivity index (χ1n) is 10.7. The number of nitrogens with one attached hydrogen (secondary N) is 1. The van der Waals surface area contributed by atoms with Gasteiger partial charge in [0.2, 0.25) is 5.91 Å². The van der Waals surface area contributed by atoms with Gasteiger partial charge in [-0.3, -0.25) is 19.7 Å². The zero-order chi connectivity index (χ0) is 23.1. The summed E-state index contributed by atoms with van der Waals surface area (Å²) in [4.78, 5) is 45.0. The molecule has 2 aliphatic rings. The van der Waals surface area contributed by atoms with Gasteiger partial charge in [0.25, 0.3) is 11.6 Å². The maximum Gasteiger partial charge on any atom is 0.269 e. The number of non-ortho nitro benzene ring substituents is 1. The molecule has 0 bridgehead atoms. The maximum atomic E-state index is 12.6. The number of guanidine groups is 1. The Hall–Kier alpha value is -2.48. The Balaban J connectivity index is 0.00000385. The molecule has 0 aliphatic carbocycles. The molecular formula is C21H31IN6O5. The van der Waals surface area contributed by atoms with Gasteiger partial charge in [-0.05, 0) is 18.4 Å². The number of carbonyl (C=O) groups is 2. The molecule has 11 nitrogen and oxygen atoms in total. The number of amides is 2. The van der Waals surface area contributed by atoms with Gasteiger partial charge in [0.1, 0.15) is 6.10 Å². The molecule has 1 unspecified atom stereocenters. The molecule has 1 aromatic rings. The molecule has 182 valence electrons. The average Bonchev–Trinajstić information content (AvgIpc) is 3.34. The molecule has 3 rings (SSSR count). The Morgan fingerprint density at radius 1 is 1.18 bits per heavy atom. The summed E-state index contributed by atoms with van der Waals surface area (Å²) in [5, 5.41) is 14.0. The van der Waals surface area contributed by atoms with Crippen LogP contribution in [0.5, 0.6) is 0 Å². The number of ether oxygens (including phenoxy) is 1. The molecule has 12 heteroatoms. The number of nitro benzene ring substituents is 1. The Kier molecular flexibility index (Phi) is 10.3. The number of likely N-dealkylation sites (N-methyl/N-ethyl adjacent to an activating group) is 1. The number of nitrogens with zero attached hydrogens (tertiary/aromatic N) is 5. The summed E-state index contributed by atoms with van der Waals surface area (Å²) < 4.78 is 5.52. The molecule has 0 aromatic heterocycles. The minimum Gasteiger partial charge on any atom is -0.368 e. The molecule has 0 radical (unpaired) electrons. The summed E-state index contributed by atoms with van der Waals surface area (Å²) in [6, 6.07) is 6.23. The first-order chi connectivity index (χ1) is 15.3. The molecule has 2 amide bonds. The highest BCUT2D eigenvalue weighted by Gasteiger charge is 2.31. The zero-order valence-electron chi connectivity index (χ0n) is 18.9. The molecule has 1 atom stereocenters. The van der Waals surface area contributed by atoms with Crippen LogP contribution in [-0.4, -0.2) is 96.9 Å². The summed E-state index contributed by atoms with van der Waals surface area (Å²) in [6.45, 7) is 3.32. The van der Waals surface area contributed by atoms with E-state index in [4.69, 9.17) is 4.74 Å². The molecule has 1 aromatic carbocycles. The lowest BCUT2D eigenvalue weighted by Crippen LogP contribution is -2.56. The van der Waals surface area contributed by atoms with E-state index in [-0.39, 0.29) is 54.1 Å². The number of carbonyl (C=O) groups excluding carboxylic acids is 2. The van der Waals surface area contributed by atoms with Gasteiger partial charge >= 0.3 is 0 Å². The lowest BCUT2D eigenvalue weighted by molar-refractivity contribution is -0.384. The van der Waals surface area contributed by atoms with Crippen molar-refractivity contribution in [2.75, 3.05) is 53.4 Å². The Labute approximate surface area is 210 Å². The SMILES string of the molecule is CN(C)C(=O)CNC(=NCc1ccc([N+](=O)[O-])cc1)N1CCN(C(=O)C2CCCO2)CC1.I. The van der Waals surface area contributed by atoms with Crippen LogP contribution in [-0.2, 0) is 20.9 Å². The second-order valence-corrected chi connectivity index (χ2v) is 8.02. The van der Waals surface area contributed by atoms with Crippen molar-refractivity contribution in [2.24, 2.45) is 4.99 Å². The molecule has 0 saturated carbocycles. The van der Waals surface area contributed by atoms with Gasteiger partial charge in [-0.15, -0.1) is 24.0 Å². The number of hydrogen-bond acceptors (Lipinski definition) is 6. The van der Waals surface area contributed by atoms with E-state index in [1.807, 2.05) is 9.80 Å². The molecular weight excluding hydrogens is 543 g/mol. The average molecular weight is 574 g/mol. The van der Waals surface area contributed by atoms with Crippen molar-refractivity contribution in [3.05, 3.63) is 39.9 Å². The smallest absolute Gasteiger partial charge is 0.269 e. The fourth-order valence-electron chi connectivity index (χ4n) is 3.58. The highest BCUT2D eigenvalue weighted by molar-refractivity contribution is 14.0. The fraction of sp³-hybridized carbons (Fsp3) is 0.571. The predicted molar refractivity (Wildman–Crippen MR) is 133 cm³/mol. The van der Waals surface area contributed by atoms with E-state index in [1.54, 1.807) is 26.2 Å². The number of nitro groups is 1. The van der Waals surface area contributed by atoms with Crippen molar-refractivity contribution in [3.63, 3.8) is 0 Å². The first-order valence-corrected chi connectivity index (χ1v) is 10.7. The second-order valence-electron chi connectivity index (χ2n) is 8.02. The highest BCUT2D eigenvalue weighted by atomic mass is 127. The Bertz CT molecular complexity index is 849. The Morgan fingerprint density at radius 3 is 2.36 bits per heavy atom. The summed E-state index contributed by atoms with van der Waals surface area (Å²) in [7, 11) is 3.38. The molecule has 2 aliphatic heterocycles. The van der Waals surface area contributed by atoms with E-state index < -0.39 is 4.92 Å². The van der Waals surface area contributed by atoms with Crippen LogP contribution in [0.15, 0.2) is 29.3 Å². The lowest BCUT2D eigenvalue weighted by atomic mass is 10.2. The van der Waals surface area contributed by atoms with Crippen molar-refractivity contribution in [2.45, 2.75) is 25.5 Å². The van der Waals surface area contributed by atoms with Crippen LogP contribution in [0.4, 0.5) is 5.69 Å². The number of benzene rings is 1. The van der Waals surface area contributed by atoms with Gasteiger partial charge in [-0.1, -0.05) is 12.1 Å². The maximum absolute atomic E-state index is 12.6. The third-order valence-corrected chi connectivity index (χ3v) is 5.55. The quantitative estimate of drug-likeness (QED) is 0.178. The van der Waals surface area contributed by atoms with E-state index in [0.29, 0.717) is 45.3 Å². The Morgan fingerprint density at radius 2 is 1.82 bits per heavy atom. The van der Waals surface area contributed by atoms with E-state index in [1.165, 1.54) is 17.0 Å². The van der Waals surface area contributed by atoms with Gasteiger partial charge in [-0.25, -0.2) is 4.99 Å². The fourth-order valence-corrected chi connectivity index (χ4v) is 3.58. The molecule has 2 fully saturated rings. The third kappa shape index (κ3) is 7.52. The summed E-state index contributed by atoms with van der Waals surface area (Å²) in [6.07, 6.45) is 1.36. The van der Waals surface area contributed by atoms with Gasteiger partial charge in [0.05, 0.1) is 18.0 Å². The van der Waals surface area contributed by atoms with Crippen molar-refractivity contribution >= 4 is 47.4 Å². The second kappa shape index (κ2) is 12.7. The molecule has 1 N–H and O–H groups in total. The number of halogens is 1. The lowest BCUT2D eigenvalue weighted by Gasteiger charge is -2.37. The molecule has 33 heavy (non-hydrogen) atoms. The largest absolute Gasteiger partial charge is 0.368 e. The standard InChI is InChI=1S/C21H30N6O5.HI/c1-24(2)19(28)15-23-21(22-14-16-5-7-17(8-6-16)27(30)31)26-11-9-25(10-12-26)20(29)18-4-3-13-32-18;/h5-8,18H,3-4,9-15H2,1-2H3,(H,22,23);1H. The van der Waals surface area contributed by atoms with E-state index in [9.17, 15) is 19.7 Å². The van der Waals surface area contributed by atoms with E-state index >= 15 is 0 Å². The van der Waals surface area contributed by atoms with Crippen molar-refractivity contribution in [3.8, 4) is 0 Å². The number of piperazine rings is 1. The van der Waals surface area contributed by atoms with Crippen molar-refractivity contribution in [1.82, 2.24) is 20.0 Å². The summed E-state index contributed by atoms with van der Waals surface area (Å²) >= 11 is 0. The third-order valence-electron chi connectivity index (χ3n) is 5.55. The van der Waals surface area contributed by atoms with Gasteiger partial charge in [0, 0.05) is 59.0 Å². The van der Waals surface area contributed by atoms with Gasteiger partial charge in [-0.2, -0.15) is 0 Å². The minimum absolute atomic E-state index is 0. The van der Waals surface area contributed by atoms with Crippen LogP contribution in [0, 0.1) is 10.1 Å². The van der Waals surface area contributed by atoms with Crippen LogP contribution in [0.2, 0.25) is 0 Å². The van der Waals surface area contributed by atoms with Crippen molar-refractivity contribution < 1.29 is 19.2 Å². The topological polar surface area (TPSA) is 121 Å². The first kappa shape index (κ1) is 26.8. The van der Waals surface area contributed by atoms with E-state index in [2.05, 4.69) is 10.3 Å². The highest BCUT2D eigenvalue weighted by Crippen LogP contribution is 2.16.